The summed E-state index contributed by atoms with van der Waals surface area (Å²) in [6.07, 6.45) is -4.31. The first-order chi connectivity index (χ1) is 11.7. The van der Waals surface area contributed by atoms with Gasteiger partial charge in [0.05, 0.1) is 11.3 Å². The second-order valence-corrected chi connectivity index (χ2v) is 6.36. The van der Waals surface area contributed by atoms with Gasteiger partial charge in [-0.25, -0.2) is 4.98 Å². The predicted octanol–water partition coefficient (Wildman–Crippen LogP) is 2.41. The van der Waals surface area contributed by atoms with Crippen molar-refractivity contribution < 1.29 is 13.2 Å². The Labute approximate surface area is 143 Å². The molecule has 1 aromatic carbocycles. The first-order valence-electron chi connectivity index (χ1n) is 7.92. The van der Waals surface area contributed by atoms with Crippen molar-refractivity contribution in [3.63, 3.8) is 0 Å². The number of hydrogen-bond acceptors (Lipinski definition) is 4. The van der Waals surface area contributed by atoms with Crippen molar-refractivity contribution >= 4 is 5.69 Å². The molecule has 3 rings (SSSR count). The molecule has 0 spiro atoms. The highest BCUT2D eigenvalue weighted by Gasteiger charge is 2.35. The summed E-state index contributed by atoms with van der Waals surface area (Å²) < 4.78 is 38.2. The summed E-state index contributed by atoms with van der Waals surface area (Å²) in [6, 6.07) is 8.05. The first-order valence-corrected chi connectivity index (χ1v) is 7.92. The molecule has 0 bridgehead atoms. The number of benzene rings is 1. The Morgan fingerprint density at radius 2 is 1.92 bits per heavy atom. The van der Waals surface area contributed by atoms with E-state index < -0.39 is 17.6 Å². The predicted molar refractivity (Wildman–Crippen MR) is 88.4 cm³/mol. The summed E-state index contributed by atoms with van der Waals surface area (Å²) in [6.45, 7) is 1.50. The highest BCUT2D eigenvalue weighted by molar-refractivity contribution is 5.46. The minimum Gasteiger partial charge on any atom is -0.378 e. The highest BCUT2D eigenvalue weighted by atomic mass is 19.4. The number of alkyl halides is 3. The van der Waals surface area contributed by atoms with Crippen LogP contribution in [0.5, 0.6) is 0 Å². The van der Waals surface area contributed by atoms with E-state index in [1.807, 2.05) is 53.1 Å². The quantitative estimate of drug-likeness (QED) is 0.922. The summed E-state index contributed by atoms with van der Waals surface area (Å²) in [5.74, 6) is -1.22. The van der Waals surface area contributed by atoms with Gasteiger partial charge in [-0.3, -0.25) is 9.69 Å². The van der Waals surface area contributed by atoms with Crippen molar-refractivity contribution in [2.75, 3.05) is 25.5 Å². The van der Waals surface area contributed by atoms with Crippen molar-refractivity contribution in [1.29, 1.82) is 0 Å². The van der Waals surface area contributed by atoms with Crippen molar-refractivity contribution in [1.82, 2.24) is 14.9 Å². The van der Waals surface area contributed by atoms with Crippen molar-refractivity contribution in [3.8, 4) is 0 Å². The molecular formula is C17H19F3N4O. The number of aromatic nitrogens is 2. The minimum atomic E-state index is -4.64. The molecule has 1 aliphatic rings. The number of rotatable bonds is 3. The Hall–Kier alpha value is -2.35. The van der Waals surface area contributed by atoms with E-state index in [4.69, 9.17) is 0 Å². The van der Waals surface area contributed by atoms with Crippen LogP contribution in [0.25, 0.3) is 0 Å². The fourth-order valence-electron chi connectivity index (χ4n) is 2.91. The van der Waals surface area contributed by atoms with E-state index in [9.17, 15) is 18.0 Å². The van der Waals surface area contributed by atoms with Crippen LogP contribution < -0.4 is 10.5 Å². The fourth-order valence-corrected chi connectivity index (χ4v) is 2.91. The lowest BCUT2D eigenvalue weighted by atomic mass is 10.1. The summed E-state index contributed by atoms with van der Waals surface area (Å²) in [5, 5.41) is 0. The standard InChI is InChI=1S/C17H19F3N4O/c1-23(2)12-5-3-11(4-6-12)9-24-8-7-14-13(10-24)15(25)22-16(21-14)17(18,19)20/h3-6H,7-10H2,1-2H3,(H,21,22,25). The van der Waals surface area contributed by atoms with E-state index in [0.717, 1.165) is 11.3 Å². The first kappa shape index (κ1) is 17.5. The third-order valence-electron chi connectivity index (χ3n) is 4.28. The second-order valence-electron chi connectivity index (χ2n) is 6.36. The van der Waals surface area contributed by atoms with Crippen LogP contribution in [0.4, 0.5) is 18.9 Å². The second kappa shape index (κ2) is 6.51. The number of nitrogens with zero attached hydrogens (tertiary/aromatic N) is 3. The molecule has 25 heavy (non-hydrogen) atoms. The summed E-state index contributed by atoms with van der Waals surface area (Å²) in [4.78, 5) is 21.5. The van der Waals surface area contributed by atoms with Crippen LogP contribution in [0.2, 0.25) is 0 Å². The lowest BCUT2D eigenvalue weighted by molar-refractivity contribution is -0.145. The van der Waals surface area contributed by atoms with Crippen LogP contribution in [0.3, 0.4) is 0 Å². The maximum absolute atomic E-state index is 12.7. The van der Waals surface area contributed by atoms with E-state index in [0.29, 0.717) is 31.6 Å². The van der Waals surface area contributed by atoms with Crippen molar-refractivity contribution in [3.05, 3.63) is 57.3 Å². The highest BCUT2D eigenvalue weighted by Crippen LogP contribution is 2.26. The van der Waals surface area contributed by atoms with Crippen LogP contribution >= 0.6 is 0 Å². The Morgan fingerprint density at radius 3 is 2.52 bits per heavy atom. The molecule has 1 aliphatic heterocycles. The SMILES string of the molecule is CN(C)c1ccc(CN2CCc3nc(C(F)(F)F)[nH]c(=O)c3C2)cc1. The lowest BCUT2D eigenvalue weighted by Crippen LogP contribution is -2.36. The van der Waals surface area contributed by atoms with E-state index in [2.05, 4.69) is 4.98 Å². The largest absolute Gasteiger partial charge is 0.449 e. The van der Waals surface area contributed by atoms with E-state index in [1.165, 1.54) is 0 Å². The van der Waals surface area contributed by atoms with E-state index in [-0.39, 0.29) is 5.69 Å². The number of nitrogens with one attached hydrogen (secondary N) is 1. The number of H-pyrrole nitrogens is 1. The van der Waals surface area contributed by atoms with Gasteiger partial charge in [0.15, 0.2) is 0 Å². The Bertz CT molecular complexity index is 812. The fraction of sp³-hybridized carbons (Fsp3) is 0.412. The Kier molecular flexibility index (Phi) is 4.55. The summed E-state index contributed by atoms with van der Waals surface area (Å²) in [5.41, 5.74) is 2.04. The summed E-state index contributed by atoms with van der Waals surface area (Å²) in [7, 11) is 3.93. The maximum atomic E-state index is 12.7. The van der Waals surface area contributed by atoms with E-state index in [1.54, 1.807) is 0 Å². The molecule has 8 heteroatoms. The van der Waals surface area contributed by atoms with Gasteiger partial charge in [-0.2, -0.15) is 13.2 Å². The molecule has 2 aromatic rings. The average molecular weight is 352 g/mol. The number of halogens is 3. The van der Waals surface area contributed by atoms with Gasteiger partial charge in [0.25, 0.3) is 5.56 Å². The van der Waals surface area contributed by atoms with Crippen molar-refractivity contribution in [2.24, 2.45) is 0 Å². The van der Waals surface area contributed by atoms with Gasteiger partial charge in [-0.1, -0.05) is 12.1 Å². The molecule has 0 amide bonds. The molecule has 0 radical (unpaired) electrons. The van der Waals surface area contributed by atoms with Crippen LogP contribution in [-0.4, -0.2) is 35.5 Å². The monoisotopic (exact) mass is 352 g/mol. The minimum absolute atomic E-state index is 0.246. The lowest BCUT2D eigenvalue weighted by Gasteiger charge is -2.28. The number of fused-ring (bicyclic) bond motifs is 1. The summed E-state index contributed by atoms with van der Waals surface area (Å²) >= 11 is 0. The molecule has 1 aromatic heterocycles. The molecule has 134 valence electrons. The van der Waals surface area contributed by atoms with Crippen molar-refractivity contribution in [2.45, 2.75) is 25.7 Å². The Morgan fingerprint density at radius 1 is 1.24 bits per heavy atom. The van der Waals surface area contributed by atoms with Gasteiger partial charge in [0.2, 0.25) is 5.82 Å². The maximum Gasteiger partial charge on any atom is 0.449 e. The van der Waals surface area contributed by atoms with Gasteiger partial charge in [0.1, 0.15) is 0 Å². The molecule has 5 nitrogen and oxygen atoms in total. The molecule has 1 N–H and O–H groups in total. The van der Waals surface area contributed by atoms with Gasteiger partial charge in [-0.15, -0.1) is 0 Å². The average Bonchev–Trinajstić information content (AvgIpc) is 2.55. The number of hydrogen-bond donors (Lipinski definition) is 1. The van der Waals surface area contributed by atoms with Crippen LogP contribution in [-0.2, 0) is 25.7 Å². The molecule has 0 atom stereocenters. The number of anilines is 1. The molecule has 0 saturated carbocycles. The Balaban J connectivity index is 1.76. The van der Waals surface area contributed by atoms with Gasteiger partial charge in [0, 0.05) is 45.8 Å². The third-order valence-corrected chi connectivity index (χ3v) is 4.28. The van der Waals surface area contributed by atoms with Gasteiger partial charge >= 0.3 is 6.18 Å². The van der Waals surface area contributed by atoms with E-state index >= 15 is 0 Å². The topological polar surface area (TPSA) is 52.2 Å². The van der Waals surface area contributed by atoms with Gasteiger partial charge < -0.3 is 9.88 Å². The molecular weight excluding hydrogens is 333 g/mol. The third kappa shape index (κ3) is 3.84. The van der Waals surface area contributed by atoms with Crippen LogP contribution in [0, 0.1) is 0 Å². The smallest absolute Gasteiger partial charge is 0.378 e. The van der Waals surface area contributed by atoms with Crippen LogP contribution in [0.1, 0.15) is 22.6 Å². The molecule has 0 saturated heterocycles. The molecule has 2 heterocycles. The molecule has 0 fully saturated rings. The molecule has 0 unspecified atom stereocenters. The zero-order valence-corrected chi connectivity index (χ0v) is 14.0. The normalized spacial score (nSPS) is 15.1. The molecule has 0 aliphatic carbocycles. The zero-order valence-electron chi connectivity index (χ0n) is 14.0. The number of aromatic amines is 1. The zero-order chi connectivity index (χ0) is 18.2. The van der Waals surface area contributed by atoms with Gasteiger partial charge in [-0.05, 0) is 17.7 Å². The van der Waals surface area contributed by atoms with Crippen LogP contribution in [0.15, 0.2) is 29.1 Å².